The molecule has 19 heavy (non-hydrogen) atoms. The monoisotopic (exact) mass is 261 g/mol. The zero-order chi connectivity index (χ0) is 14.0. The number of aromatic nitrogens is 1. The number of rotatable bonds is 3. The number of pyridine rings is 1. The van der Waals surface area contributed by atoms with Crippen molar-refractivity contribution in [3.8, 4) is 0 Å². The minimum Gasteiger partial charge on any atom is -0.423 e. The summed E-state index contributed by atoms with van der Waals surface area (Å²) in [6.07, 6.45) is 1.63. The fourth-order valence-electron chi connectivity index (χ4n) is 1.87. The SMILES string of the molecule is Cc1cccn(Cc2ccc(F)c(B(O)O)c2)c1=O. The van der Waals surface area contributed by atoms with Crippen molar-refractivity contribution in [2.45, 2.75) is 13.5 Å². The van der Waals surface area contributed by atoms with Crippen molar-refractivity contribution >= 4 is 12.6 Å². The van der Waals surface area contributed by atoms with E-state index in [0.717, 1.165) is 6.07 Å². The third kappa shape index (κ3) is 2.92. The summed E-state index contributed by atoms with van der Waals surface area (Å²) in [6.45, 7) is 1.97. The molecule has 0 amide bonds. The molecule has 0 saturated carbocycles. The molecule has 98 valence electrons. The molecule has 1 heterocycles. The first-order valence-corrected chi connectivity index (χ1v) is 5.79. The number of nitrogens with zero attached hydrogens (tertiary/aromatic N) is 1. The fourth-order valence-corrected chi connectivity index (χ4v) is 1.87. The average molecular weight is 261 g/mol. The molecule has 0 atom stereocenters. The molecule has 2 rings (SSSR count). The molecule has 0 radical (unpaired) electrons. The van der Waals surface area contributed by atoms with E-state index in [9.17, 15) is 9.18 Å². The van der Waals surface area contributed by atoms with Crippen molar-refractivity contribution in [2.75, 3.05) is 0 Å². The summed E-state index contributed by atoms with van der Waals surface area (Å²) in [5.74, 6) is -0.685. The lowest BCUT2D eigenvalue weighted by Gasteiger charge is -2.09. The molecule has 0 spiro atoms. The van der Waals surface area contributed by atoms with Gasteiger partial charge in [-0.2, -0.15) is 0 Å². The van der Waals surface area contributed by atoms with Crippen molar-refractivity contribution < 1.29 is 14.4 Å². The predicted molar refractivity (Wildman–Crippen MR) is 70.8 cm³/mol. The number of hydrogen-bond donors (Lipinski definition) is 2. The molecular weight excluding hydrogens is 248 g/mol. The van der Waals surface area contributed by atoms with Crippen LogP contribution in [0, 0.1) is 12.7 Å². The second-order valence-electron chi connectivity index (χ2n) is 4.35. The largest absolute Gasteiger partial charge is 0.491 e. The van der Waals surface area contributed by atoms with Crippen LogP contribution in [-0.2, 0) is 6.54 Å². The van der Waals surface area contributed by atoms with E-state index < -0.39 is 12.9 Å². The summed E-state index contributed by atoms with van der Waals surface area (Å²) in [7, 11) is -1.87. The molecule has 6 heteroatoms. The molecule has 1 aromatic carbocycles. The third-order valence-corrected chi connectivity index (χ3v) is 2.90. The van der Waals surface area contributed by atoms with Crippen LogP contribution in [0.2, 0.25) is 0 Å². The lowest BCUT2D eigenvalue weighted by molar-refractivity contribution is 0.423. The van der Waals surface area contributed by atoms with Crippen LogP contribution in [0.25, 0.3) is 0 Å². The summed E-state index contributed by atoms with van der Waals surface area (Å²) in [5.41, 5.74) is 0.917. The van der Waals surface area contributed by atoms with Crippen LogP contribution in [-0.4, -0.2) is 21.7 Å². The lowest BCUT2D eigenvalue weighted by atomic mass is 9.79. The molecule has 0 aliphatic heterocycles. The maximum atomic E-state index is 13.3. The van der Waals surface area contributed by atoms with Crippen LogP contribution < -0.4 is 11.0 Å². The first kappa shape index (κ1) is 13.5. The molecule has 0 aliphatic carbocycles. The van der Waals surface area contributed by atoms with Gasteiger partial charge in [0.15, 0.2) is 0 Å². The molecule has 2 aromatic rings. The molecule has 2 N–H and O–H groups in total. The maximum absolute atomic E-state index is 13.3. The second kappa shape index (κ2) is 5.38. The van der Waals surface area contributed by atoms with Gasteiger partial charge in [0.1, 0.15) is 5.82 Å². The Hall–Kier alpha value is -1.92. The zero-order valence-electron chi connectivity index (χ0n) is 10.4. The summed E-state index contributed by atoms with van der Waals surface area (Å²) in [6, 6.07) is 7.48. The second-order valence-corrected chi connectivity index (χ2v) is 4.35. The van der Waals surface area contributed by atoms with Crippen molar-refractivity contribution in [3.05, 3.63) is 63.8 Å². The molecule has 0 unspecified atom stereocenters. The quantitative estimate of drug-likeness (QED) is 0.766. The van der Waals surface area contributed by atoms with Crippen LogP contribution in [0.1, 0.15) is 11.1 Å². The Morgan fingerprint density at radius 2 is 2.05 bits per heavy atom. The highest BCUT2D eigenvalue weighted by molar-refractivity contribution is 6.58. The molecule has 4 nitrogen and oxygen atoms in total. The van der Waals surface area contributed by atoms with E-state index in [1.807, 2.05) is 0 Å². The summed E-state index contributed by atoms with van der Waals surface area (Å²) >= 11 is 0. The number of benzene rings is 1. The average Bonchev–Trinajstić information content (AvgIpc) is 2.37. The Labute approximate surface area is 109 Å². The van der Waals surface area contributed by atoms with Crippen LogP contribution in [0.15, 0.2) is 41.3 Å². The highest BCUT2D eigenvalue weighted by atomic mass is 19.1. The first-order valence-electron chi connectivity index (χ1n) is 5.79. The van der Waals surface area contributed by atoms with E-state index in [-0.39, 0.29) is 17.6 Å². The third-order valence-electron chi connectivity index (χ3n) is 2.90. The van der Waals surface area contributed by atoms with Gasteiger partial charge in [-0.3, -0.25) is 4.79 Å². The zero-order valence-corrected chi connectivity index (χ0v) is 10.4. The summed E-state index contributed by atoms with van der Waals surface area (Å²) in [4.78, 5) is 11.8. The Morgan fingerprint density at radius 1 is 1.32 bits per heavy atom. The van der Waals surface area contributed by atoms with E-state index in [0.29, 0.717) is 11.1 Å². The molecule has 0 bridgehead atoms. The van der Waals surface area contributed by atoms with Gasteiger partial charge in [0.2, 0.25) is 0 Å². The topological polar surface area (TPSA) is 62.5 Å². The summed E-state index contributed by atoms with van der Waals surface area (Å²) < 4.78 is 14.8. The standard InChI is InChI=1S/C13H13BFNO3/c1-9-3-2-6-16(13(9)17)8-10-4-5-12(15)11(7-10)14(18)19/h2-7,18-19H,8H2,1H3. The van der Waals surface area contributed by atoms with E-state index in [2.05, 4.69) is 0 Å². The van der Waals surface area contributed by atoms with Gasteiger partial charge < -0.3 is 14.6 Å². The van der Waals surface area contributed by atoms with Gasteiger partial charge in [-0.15, -0.1) is 0 Å². The maximum Gasteiger partial charge on any atom is 0.491 e. The molecule has 0 saturated heterocycles. The van der Waals surface area contributed by atoms with Gasteiger partial charge in [-0.1, -0.05) is 18.2 Å². The van der Waals surface area contributed by atoms with E-state index in [1.165, 1.54) is 16.7 Å². The number of hydrogen-bond acceptors (Lipinski definition) is 3. The Bertz CT molecular complexity index is 655. The Morgan fingerprint density at radius 3 is 2.74 bits per heavy atom. The fraction of sp³-hybridized carbons (Fsp3) is 0.154. The van der Waals surface area contributed by atoms with Gasteiger partial charge in [0, 0.05) is 17.2 Å². The van der Waals surface area contributed by atoms with Crippen molar-refractivity contribution in [2.24, 2.45) is 0 Å². The highest BCUT2D eigenvalue weighted by Crippen LogP contribution is 2.03. The number of halogens is 1. The minimum absolute atomic E-state index is 0.127. The molecule has 1 aromatic heterocycles. The normalized spacial score (nSPS) is 10.5. The lowest BCUT2D eigenvalue weighted by Crippen LogP contribution is -2.33. The van der Waals surface area contributed by atoms with Crippen molar-refractivity contribution in [1.29, 1.82) is 0 Å². The van der Waals surface area contributed by atoms with Gasteiger partial charge >= 0.3 is 7.12 Å². The van der Waals surface area contributed by atoms with Crippen LogP contribution in [0.5, 0.6) is 0 Å². The van der Waals surface area contributed by atoms with Crippen LogP contribution >= 0.6 is 0 Å². The molecule has 0 aliphatic rings. The minimum atomic E-state index is -1.87. The van der Waals surface area contributed by atoms with Crippen LogP contribution in [0.4, 0.5) is 4.39 Å². The van der Waals surface area contributed by atoms with Gasteiger partial charge in [0.05, 0.1) is 6.54 Å². The summed E-state index contributed by atoms with van der Waals surface area (Å²) in [5, 5.41) is 18.1. The van der Waals surface area contributed by atoms with Gasteiger partial charge in [0.25, 0.3) is 5.56 Å². The molecule has 0 fully saturated rings. The Balaban J connectivity index is 2.36. The van der Waals surface area contributed by atoms with E-state index in [1.54, 1.807) is 25.3 Å². The van der Waals surface area contributed by atoms with Crippen molar-refractivity contribution in [3.63, 3.8) is 0 Å². The highest BCUT2D eigenvalue weighted by Gasteiger charge is 2.16. The van der Waals surface area contributed by atoms with Crippen LogP contribution in [0.3, 0.4) is 0 Å². The Kier molecular flexibility index (Phi) is 3.83. The van der Waals surface area contributed by atoms with E-state index >= 15 is 0 Å². The first-order chi connectivity index (χ1) is 8.99. The van der Waals surface area contributed by atoms with Gasteiger partial charge in [-0.25, -0.2) is 4.39 Å². The van der Waals surface area contributed by atoms with Gasteiger partial charge in [-0.05, 0) is 24.6 Å². The van der Waals surface area contributed by atoms with Crippen molar-refractivity contribution in [1.82, 2.24) is 4.57 Å². The predicted octanol–water partition coefficient (Wildman–Crippen LogP) is 0.0239. The van der Waals surface area contributed by atoms with E-state index in [4.69, 9.17) is 10.0 Å². The smallest absolute Gasteiger partial charge is 0.423 e. The molecular formula is C13H13BFNO3. The number of aryl methyl sites for hydroxylation is 1.